The normalized spacial score (nSPS) is 15.5. The Kier molecular flexibility index (Phi) is 8.43. The smallest absolute Gasteiger partial charge is 0.242 e. The fraction of sp³-hybridized carbons (Fsp3) is 0.478. The van der Waals surface area contributed by atoms with E-state index in [-0.39, 0.29) is 36.8 Å². The molecule has 1 aliphatic heterocycles. The van der Waals surface area contributed by atoms with Gasteiger partial charge in [0.1, 0.15) is 18.2 Å². The summed E-state index contributed by atoms with van der Waals surface area (Å²) in [6.07, 6.45) is 1.82. The molecule has 0 radical (unpaired) electrons. The first-order chi connectivity index (χ1) is 15.0. The maximum atomic E-state index is 13.3. The van der Waals surface area contributed by atoms with Gasteiger partial charge in [0.15, 0.2) is 0 Å². The summed E-state index contributed by atoms with van der Waals surface area (Å²) in [7, 11) is 1.62. The summed E-state index contributed by atoms with van der Waals surface area (Å²) in [6, 6.07) is 7.65. The summed E-state index contributed by atoms with van der Waals surface area (Å²) in [5, 5.41) is 2.03. The average molecular weight is 449 g/mol. The molecule has 0 fully saturated rings. The zero-order valence-corrected chi connectivity index (χ0v) is 18.8. The number of halogens is 1. The lowest BCUT2D eigenvalue weighted by molar-refractivity contribution is -0.142. The van der Waals surface area contributed by atoms with E-state index in [1.54, 1.807) is 42.4 Å². The van der Waals surface area contributed by atoms with Gasteiger partial charge in [0.25, 0.3) is 0 Å². The highest BCUT2D eigenvalue weighted by molar-refractivity contribution is 7.10. The van der Waals surface area contributed by atoms with E-state index < -0.39 is 0 Å². The topological polar surface area (TPSA) is 59.1 Å². The predicted molar refractivity (Wildman–Crippen MR) is 118 cm³/mol. The Labute approximate surface area is 186 Å². The highest BCUT2D eigenvalue weighted by atomic mass is 32.1. The molecule has 0 aliphatic carbocycles. The van der Waals surface area contributed by atoms with Gasteiger partial charge >= 0.3 is 0 Å². The van der Waals surface area contributed by atoms with Crippen LogP contribution in [0.15, 0.2) is 35.7 Å². The molecular weight excluding hydrogens is 419 g/mol. The molecule has 0 spiro atoms. The SMILES string of the molecule is CCC(=O)N(CCCOC)CC(=O)N1CCc2sccc2[C@@H]1COc1ccc(F)cc1. The number of carbonyl (C=O) groups is 2. The Hall–Kier alpha value is -2.45. The number of hydrogen-bond acceptors (Lipinski definition) is 5. The van der Waals surface area contributed by atoms with Crippen molar-refractivity contribution in [1.29, 1.82) is 0 Å². The van der Waals surface area contributed by atoms with Gasteiger partial charge in [0.2, 0.25) is 11.8 Å². The van der Waals surface area contributed by atoms with Crippen LogP contribution in [0, 0.1) is 5.82 Å². The van der Waals surface area contributed by atoms with Crippen molar-refractivity contribution in [3.05, 3.63) is 52.0 Å². The van der Waals surface area contributed by atoms with Gasteiger partial charge in [0.05, 0.1) is 12.6 Å². The van der Waals surface area contributed by atoms with Gasteiger partial charge in [-0.15, -0.1) is 11.3 Å². The van der Waals surface area contributed by atoms with Crippen LogP contribution in [0.5, 0.6) is 5.75 Å². The minimum absolute atomic E-state index is 0.0445. The van der Waals surface area contributed by atoms with Crippen molar-refractivity contribution in [1.82, 2.24) is 9.80 Å². The van der Waals surface area contributed by atoms with Gasteiger partial charge in [-0.25, -0.2) is 4.39 Å². The molecule has 1 aromatic carbocycles. The minimum Gasteiger partial charge on any atom is -0.491 e. The molecule has 0 bridgehead atoms. The Morgan fingerprint density at radius 1 is 1.26 bits per heavy atom. The number of rotatable bonds is 10. The number of fused-ring (bicyclic) bond motifs is 1. The molecule has 2 aromatic rings. The fourth-order valence-electron chi connectivity index (χ4n) is 3.75. The van der Waals surface area contributed by atoms with Crippen molar-refractivity contribution in [2.75, 3.05) is 40.0 Å². The molecular formula is C23H29FN2O4S. The van der Waals surface area contributed by atoms with Crippen LogP contribution >= 0.6 is 11.3 Å². The molecule has 0 unspecified atom stereocenters. The molecule has 1 aromatic heterocycles. The van der Waals surface area contributed by atoms with Crippen molar-refractivity contribution in [3.8, 4) is 5.75 Å². The third-order valence-electron chi connectivity index (χ3n) is 5.39. The van der Waals surface area contributed by atoms with Crippen molar-refractivity contribution in [2.45, 2.75) is 32.2 Å². The first kappa shape index (κ1) is 23.2. The molecule has 2 heterocycles. The summed E-state index contributed by atoms with van der Waals surface area (Å²) < 4.78 is 24.2. The second kappa shape index (κ2) is 11.2. The minimum atomic E-state index is -0.323. The van der Waals surface area contributed by atoms with Gasteiger partial charge < -0.3 is 19.3 Å². The van der Waals surface area contributed by atoms with E-state index in [0.29, 0.717) is 38.3 Å². The highest BCUT2D eigenvalue weighted by Crippen LogP contribution is 2.34. The van der Waals surface area contributed by atoms with Crippen LogP contribution in [0.2, 0.25) is 0 Å². The van der Waals surface area contributed by atoms with E-state index in [1.807, 2.05) is 16.3 Å². The molecule has 31 heavy (non-hydrogen) atoms. The summed E-state index contributed by atoms with van der Waals surface area (Å²) in [6.45, 7) is 3.72. The maximum Gasteiger partial charge on any atom is 0.242 e. The Morgan fingerprint density at radius 2 is 2.03 bits per heavy atom. The van der Waals surface area contributed by atoms with E-state index in [0.717, 1.165) is 12.0 Å². The quantitative estimate of drug-likeness (QED) is 0.521. The molecule has 3 rings (SSSR count). The number of thiophene rings is 1. The second-order valence-electron chi connectivity index (χ2n) is 7.43. The molecule has 2 amide bonds. The van der Waals surface area contributed by atoms with E-state index in [9.17, 15) is 14.0 Å². The summed E-state index contributed by atoms with van der Waals surface area (Å²) in [4.78, 5) is 30.3. The number of ether oxygens (including phenoxy) is 2. The molecule has 1 aliphatic rings. The summed E-state index contributed by atoms with van der Waals surface area (Å²) >= 11 is 1.68. The Morgan fingerprint density at radius 3 is 2.74 bits per heavy atom. The molecule has 6 nitrogen and oxygen atoms in total. The molecule has 0 saturated carbocycles. The number of hydrogen-bond donors (Lipinski definition) is 0. The lowest BCUT2D eigenvalue weighted by Crippen LogP contribution is -2.48. The fourth-order valence-corrected chi connectivity index (χ4v) is 4.68. The zero-order valence-electron chi connectivity index (χ0n) is 18.0. The third-order valence-corrected chi connectivity index (χ3v) is 6.39. The largest absolute Gasteiger partial charge is 0.491 e. The first-order valence-corrected chi connectivity index (χ1v) is 11.4. The molecule has 0 saturated heterocycles. The van der Waals surface area contributed by atoms with Crippen LogP contribution in [0.3, 0.4) is 0 Å². The summed E-state index contributed by atoms with van der Waals surface area (Å²) in [5.41, 5.74) is 1.08. The monoisotopic (exact) mass is 448 g/mol. The number of methoxy groups -OCH3 is 1. The molecule has 1 atom stereocenters. The van der Waals surface area contributed by atoms with Gasteiger partial charge in [0, 0.05) is 38.1 Å². The maximum absolute atomic E-state index is 13.3. The lowest BCUT2D eigenvalue weighted by atomic mass is 10.0. The zero-order chi connectivity index (χ0) is 22.2. The predicted octanol–water partition coefficient (Wildman–Crippen LogP) is 3.67. The standard InChI is InChI=1S/C23H29FN2O4S/c1-3-22(27)25(11-4-13-29-2)15-23(28)26-12-9-21-19(10-14-31-21)20(26)16-30-18-7-5-17(24)6-8-18/h5-8,10,14,20H,3-4,9,11-13,15-16H2,1-2H3/t20-/m0/s1. The van der Waals surface area contributed by atoms with E-state index in [4.69, 9.17) is 9.47 Å². The summed E-state index contributed by atoms with van der Waals surface area (Å²) in [5.74, 6) is 0.0928. The molecule has 0 N–H and O–H groups in total. The van der Waals surface area contributed by atoms with Crippen molar-refractivity contribution in [3.63, 3.8) is 0 Å². The first-order valence-electron chi connectivity index (χ1n) is 10.5. The average Bonchev–Trinajstić information content (AvgIpc) is 3.26. The Balaban J connectivity index is 1.72. The van der Waals surface area contributed by atoms with Crippen LogP contribution in [-0.2, 0) is 20.7 Å². The number of carbonyl (C=O) groups excluding carboxylic acids is 2. The van der Waals surface area contributed by atoms with Crippen LogP contribution in [0.4, 0.5) is 4.39 Å². The molecule has 168 valence electrons. The second-order valence-corrected chi connectivity index (χ2v) is 8.43. The van der Waals surface area contributed by atoms with Gasteiger partial charge in [-0.1, -0.05) is 6.92 Å². The number of nitrogens with zero attached hydrogens (tertiary/aromatic N) is 2. The van der Waals surface area contributed by atoms with Crippen LogP contribution in [0.25, 0.3) is 0 Å². The van der Waals surface area contributed by atoms with Crippen LogP contribution in [-0.4, -0.2) is 61.6 Å². The van der Waals surface area contributed by atoms with Gasteiger partial charge in [-0.05, 0) is 54.1 Å². The van der Waals surface area contributed by atoms with Crippen molar-refractivity contribution < 1.29 is 23.5 Å². The molecule has 8 heteroatoms. The van der Waals surface area contributed by atoms with Crippen LogP contribution in [0.1, 0.15) is 36.2 Å². The van der Waals surface area contributed by atoms with Crippen LogP contribution < -0.4 is 4.74 Å². The third kappa shape index (κ3) is 6.04. The highest BCUT2D eigenvalue weighted by Gasteiger charge is 2.33. The van der Waals surface area contributed by atoms with E-state index >= 15 is 0 Å². The van der Waals surface area contributed by atoms with Gasteiger partial charge in [-0.2, -0.15) is 0 Å². The van der Waals surface area contributed by atoms with E-state index in [1.165, 1.54) is 17.0 Å². The number of benzene rings is 1. The lowest BCUT2D eigenvalue weighted by Gasteiger charge is -2.37. The van der Waals surface area contributed by atoms with Crippen molar-refractivity contribution in [2.24, 2.45) is 0 Å². The van der Waals surface area contributed by atoms with Crippen molar-refractivity contribution >= 4 is 23.2 Å². The van der Waals surface area contributed by atoms with Gasteiger partial charge in [-0.3, -0.25) is 9.59 Å². The van der Waals surface area contributed by atoms with E-state index in [2.05, 4.69) is 0 Å². The number of amides is 2. The Bertz CT molecular complexity index is 871.